The van der Waals surface area contributed by atoms with Crippen LogP contribution in [0.25, 0.3) is 0 Å². The molecular weight excluding hydrogens is 296 g/mol. The van der Waals surface area contributed by atoms with Crippen LogP contribution in [0, 0.1) is 17.8 Å². The van der Waals surface area contributed by atoms with Crippen molar-refractivity contribution in [2.45, 2.75) is 39.7 Å². The maximum absolute atomic E-state index is 12.4. The van der Waals surface area contributed by atoms with E-state index in [1.807, 2.05) is 0 Å². The minimum atomic E-state index is -0.715. The van der Waals surface area contributed by atoms with E-state index < -0.39 is 17.9 Å². The van der Waals surface area contributed by atoms with E-state index in [1.165, 1.54) is 18.2 Å². The van der Waals surface area contributed by atoms with E-state index in [1.54, 1.807) is 0 Å². The van der Waals surface area contributed by atoms with Crippen molar-refractivity contribution in [1.82, 2.24) is 0 Å². The average molecular weight is 316 g/mol. The number of cyclic esters (lactones) is 2. The Bertz CT molecular complexity index is 666. The lowest BCUT2D eigenvalue weighted by atomic mass is 9.75. The number of ether oxygens (including phenoxy) is 2. The first-order chi connectivity index (χ1) is 10.9. The van der Waals surface area contributed by atoms with E-state index in [9.17, 15) is 14.4 Å². The molecule has 5 nitrogen and oxygen atoms in total. The van der Waals surface area contributed by atoms with E-state index in [0.29, 0.717) is 17.8 Å². The molecule has 1 aliphatic carbocycles. The van der Waals surface area contributed by atoms with Crippen LogP contribution in [0.3, 0.4) is 0 Å². The van der Waals surface area contributed by atoms with Crippen molar-refractivity contribution in [3.63, 3.8) is 0 Å². The number of carbonyl (C=O) groups excluding carboxylic acids is 3. The molecule has 0 bridgehead atoms. The molecule has 5 heteroatoms. The number of fused-ring (bicyclic) bond motifs is 1. The molecule has 1 saturated carbocycles. The van der Waals surface area contributed by atoms with Gasteiger partial charge in [-0.2, -0.15) is 0 Å². The molecule has 2 unspecified atom stereocenters. The van der Waals surface area contributed by atoms with Gasteiger partial charge in [0, 0.05) is 0 Å². The molecule has 1 heterocycles. The summed E-state index contributed by atoms with van der Waals surface area (Å²) >= 11 is 0. The summed E-state index contributed by atoms with van der Waals surface area (Å²) in [5.74, 6) is -0.604. The van der Waals surface area contributed by atoms with Gasteiger partial charge in [0.1, 0.15) is 6.10 Å². The molecule has 0 spiro atoms. The van der Waals surface area contributed by atoms with Crippen LogP contribution in [-0.2, 0) is 9.47 Å². The van der Waals surface area contributed by atoms with E-state index in [2.05, 4.69) is 25.5 Å². The molecule has 23 heavy (non-hydrogen) atoms. The highest BCUT2D eigenvalue weighted by molar-refractivity contribution is 6.15. The summed E-state index contributed by atoms with van der Waals surface area (Å²) < 4.78 is 10.2. The SMILES string of the molecule is CC1CC(C)C(OC(=O)c2ccc3c(c2)C(=O)OC3=O)C(C)C1. The fourth-order valence-corrected chi connectivity index (χ4v) is 3.83. The van der Waals surface area contributed by atoms with E-state index in [4.69, 9.17) is 4.74 Å². The summed E-state index contributed by atoms with van der Waals surface area (Å²) in [5.41, 5.74) is 0.594. The van der Waals surface area contributed by atoms with Gasteiger partial charge in [0.2, 0.25) is 0 Å². The summed E-state index contributed by atoms with van der Waals surface area (Å²) in [6.07, 6.45) is 1.95. The second-order valence-electron chi connectivity index (χ2n) is 6.84. The van der Waals surface area contributed by atoms with Crippen molar-refractivity contribution in [2.24, 2.45) is 17.8 Å². The molecule has 0 radical (unpaired) electrons. The molecule has 1 fully saturated rings. The van der Waals surface area contributed by atoms with Crippen LogP contribution >= 0.6 is 0 Å². The monoisotopic (exact) mass is 316 g/mol. The Morgan fingerprint density at radius 2 is 1.65 bits per heavy atom. The van der Waals surface area contributed by atoms with Crippen LogP contribution in [0.5, 0.6) is 0 Å². The van der Waals surface area contributed by atoms with Crippen molar-refractivity contribution in [3.8, 4) is 0 Å². The molecule has 2 aliphatic rings. The highest BCUT2D eigenvalue weighted by Gasteiger charge is 2.35. The average Bonchev–Trinajstić information content (AvgIpc) is 2.77. The molecular formula is C18H20O5. The van der Waals surface area contributed by atoms with E-state index in [-0.39, 0.29) is 22.8 Å². The first kappa shape index (κ1) is 15.7. The fourth-order valence-electron chi connectivity index (χ4n) is 3.83. The third-order valence-electron chi connectivity index (χ3n) is 4.79. The molecule has 0 amide bonds. The molecule has 1 aromatic rings. The van der Waals surface area contributed by atoms with Crippen LogP contribution < -0.4 is 0 Å². The lowest BCUT2D eigenvalue weighted by Gasteiger charge is -2.37. The van der Waals surface area contributed by atoms with E-state index in [0.717, 1.165) is 12.8 Å². The predicted molar refractivity (Wildman–Crippen MR) is 82.1 cm³/mol. The van der Waals surface area contributed by atoms with E-state index >= 15 is 0 Å². The highest BCUT2D eigenvalue weighted by Crippen LogP contribution is 2.35. The normalized spacial score (nSPS) is 29.9. The largest absolute Gasteiger partial charge is 0.458 e. The Morgan fingerprint density at radius 3 is 2.30 bits per heavy atom. The second kappa shape index (κ2) is 5.80. The molecule has 1 aliphatic heterocycles. The van der Waals surface area contributed by atoms with Crippen LogP contribution in [0.2, 0.25) is 0 Å². The number of rotatable bonds is 2. The lowest BCUT2D eigenvalue weighted by molar-refractivity contribution is -0.0252. The molecule has 0 N–H and O–H groups in total. The van der Waals surface area contributed by atoms with Crippen molar-refractivity contribution in [3.05, 3.63) is 34.9 Å². The zero-order chi connectivity index (χ0) is 16.7. The first-order valence-electron chi connectivity index (χ1n) is 7.98. The number of carbonyl (C=O) groups is 3. The summed E-state index contributed by atoms with van der Waals surface area (Å²) in [6.45, 7) is 6.42. The van der Waals surface area contributed by atoms with Crippen LogP contribution in [0.1, 0.15) is 64.7 Å². The third kappa shape index (κ3) is 2.87. The maximum Gasteiger partial charge on any atom is 0.346 e. The quantitative estimate of drug-likeness (QED) is 0.619. The van der Waals surface area contributed by atoms with Gasteiger partial charge >= 0.3 is 17.9 Å². The zero-order valence-electron chi connectivity index (χ0n) is 13.5. The van der Waals surface area contributed by atoms with Crippen LogP contribution in [-0.4, -0.2) is 24.0 Å². The predicted octanol–water partition coefficient (Wildman–Crippen LogP) is 3.22. The maximum atomic E-state index is 12.4. The Balaban J connectivity index is 1.78. The molecule has 0 saturated heterocycles. The van der Waals surface area contributed by atoms with Gasteiger partial charge in [0.05, 0.1) is 16.7 Å². The smallest absolute Gasteiger partial charge is 0.346 e. The van der Waals surface area contributed by atoms with Gasteiger partial charge in [-0.15, -0.1) is 0 Å². The molecule has 3 rings (SSSR count). The summed E-state index contributed by atoms with van der Waals surface area (Å²) in [4.78, 5) is 35.4. The van der Waals surface area contributed by atoms with Crippen LogP contribution in [0.15, 0.2) is 18.2 Å². The summed E-state index contributed by atoms with van der Waals surface area (Å²) in [7, 11) is 0. The standard InChI is InChI=1S/C18H20O5/c1-9-6-10(2)15(11(3)7-9)22-16(19)12-4-5-13-14(8-12)18(21)23-17(13)20/h4-5,8-11,15H,6-7H2,1-3H3. The number of benzene rings is 1. The molecule has 1 aromatic carbocycles. The highest BCUT2D eigenvalue weighted by atomic mass is 16.6. The molecule has 0 aromatic heterocycles. The van der Waals surface area contributed by atoms with Crippen molar-refractivity contribution in [2.75, 3.05) is 0 Å². The Hall–Kier alpha value is -2.17. The first-order valence-corrected chi connectivity index (χ1v) is 7.98. The van der Waals surface area contributed by atoms with Crippen molar-refractivity contribution >= 4 is 17.9 Å². The van der Waals surface area contributed by atoms with Gasteiger partial charge in [-0.25, -0.2) is 14.4 Å². The third-order valence-corrected chi connectivity index (χ3v) is 4.79. The Morgan fingerprint density at radius 1 is 1.04 bits per heavy atom. The molecule has 122 valence electrons. The topological polar surface area (TPSA) is 69.7 Å². The summed E-state index contributed by atoms with van der Waals surface area (Å²) in [5, 5.41) is 0. The van der Waals surface area contributed by atoms with Gasteiger partial charge in [-0.05, 0) is 48.8 Å². The summed E-state index contributed by atoms with van der Waals surface area (Å²) in [6, 6.07) is 4.32. The zero-order valence-corrected chi connectivity index (χ0v) is 13.5. The van der Waals surface area contributed by atoms with Gasteiger partial charge in [0.15, 0.2) is 0 Å². The van der Waals surface area contributed by atoms with Crippen molar-refractivity contribution < 1.29 is 23.9 Å². The number of esters is 3. The van der Waals surface area contributed by atoms with Crippen LogP contribution in [0.4, 0.5) is 0 Å². The minimum absolute atomic E-state index is 0.125. The van der Waals surface area contributed by atoms with Gasteiger partial charge < -0.3 is 9.47 Å². The fraction of sp³-hybridized carbons (Fsp3) is 0.500. The number of hydrogen-bond acceptors (Lipinski definition) is 5. The second-order valence-corrected chi connectivity index (χ2v) is 6.84. The Kier molecular flexibility index (Phi) is 3.96. The van der Waals surface area contributed by atoms with Crippen molar-refractivity contribution in [1.29, 1.82) is 0 Å². The number of hydrogen-bond donors (Lipinski definition) is 0. The minimum Gasteiger partial charge on any atom is -0.458 e. The lowest BCUT2D eigenvalue weighted by Crippen LogP contribution is -2.37. The van der Waals surface area contributed by atoms with Gasteiger partial charge in [0.25, 0.3) is 0 Å². The van der Waals surface area contributed by atoms with Gasteiger partial charge in [-0.3, -0.25) is 0 Å². The Labute approximate surface area is 135 Å². The van der Waals surface area contributed by atoms with Gasteiger partial charge in [-0.1, -0.05) is 20.8 Å². The molecule has 2 atom stereocenters.